The first-order valence-electron chi connectivity index (χ1n) is 7.64. The summed E-state index contributed by atoms with van der Waals surface area (Å²) < 4.78 is 39.9. The van der Waals surface area contributed by atoms with Crippen LogP contribution in [0.4, 0.5) is 5.69 Å². The van der Waals surface area contributed by atoms with Crippen molar-refractivity contribution in [2.24, 2.45) is 0 Å². The predicted molar refractivity (Wildman–Crippen MR) is 96.4 cm³/mol. The zero-order valence-corrected chi connectivity index (χ0v) is 15.8. The number of anilines is 1. The van der Waals surface area contributed by atoms with Crippen LogP contribution in [-0.4, -0.2) is 21.1 Å². The maximum absolute atomic E-state index is 12.7. The van der Waals surface area contributed by atoms with Gasteiger partial charge < -0.3 is 9.47 Å². The third-order valence-corrected chi connectivity index (χ3v) is 6.05. The lowest BCUT2D eigenvalue weighted by molar-refractivity contribution is 0.254. The number of halogens is 1. The summed E-state index contributed by atoms with van der Waals surface area (Å²) in [5.74, 6) is 1.19. The lowest BCUT2D eigenvalue weighted by Crippen LogP contribution is -2.14. The van der Waals surface area contributed by atoms with Crippen LogP contribution < -0.4 is 14.2 Å². The summed E-state index contributed by atoms with van der Waals surface area (Å²) >= 11 is 3.28. The molecule has 0 bridgehead atoms. The van der Waals surface area contributed by atoms with Crippen LogP contribution in [0.2, 0.25) is 0 Å². The molecule has 2 aromatic rings. The second-order valence-electron chi connectivity index (χ2n) is 5.56. The summed E-state index contributed by atoms with van der Waals surface area (Å²) in [6, 6.07) is 10.2. The minimum atomic E-state index is -3.75. The highest BCUT2D eigenvalue weighted by atomic mass is 79.9. The van der Waals surface area contributed by atoms with Gasteiger partial charge in [-0.3, -0.25) is 4.72 Å². The molecular formula is C17H18BrNO4S. The van der Waals surface area contributed by atoms with Crippen LogP contribution in [0.3, 0.4) is 0 Å². The fraction of sp³-hybridized carbons (Fsp3) is 0.294. The van der Waals surface area contributed by atoms with Gasteiger partial charge in [-0.2, -0.15) is 0 Å². The molecular weight excluding hydrogens is 394 g/mol. The molecule has 0 saturated carbocycles. The first kappa shape index (κ1) is 17.1. The van der Waals surface area contributed by atoms with Crippen LogP contribution in [0, 0.1) is 0 Å². The van der Waals surface area contributed by atoms with Crippen molar-refractivity contribution >= 4 is 31.6 Å². The smallest absolute Gasteiger partial charge is 0.263 e. The average Bonchev–Trinajstić information content (AvgIpc) is 2.86. The van der Waals surface area contributed by atoms with Gasteiger partial charge in [-0.05, 0) is 48.0 Å². The van der Waals surface area contributed by atoms with E-state index in [4.69, 9.17) is 9.47 Å². The highest BCUT2D eigenvalue weighted by Crippen LogP contribution is 2.39. The molecule has 1 N–H and O–H groups in total. The molecule has 0 radical (unpaired) electrons. The average molecular weight is 412 g/mol. The Hall–Kier alpha value is -1.73. The fourth-order valence-corrected chi connectivity index (χ4v) is 4.72. The van der Waals surface area contributed by atoms with Crippen molar-refractivity contribution in [1.82, 2.24) is 0 Å². The minimum absolute atomic E-state index is 0.0737. The normalized spacial score (nSPS) is 16.4. The SMILES string of the molecule is CCOc1cc2c(cc1NS(=O)(=O)c1ccccc1Br)O[C@@H](C)C2. The Morgan fingerprint density at radius 1 is 1.33 bits per heavy atom. The molecule has 0 spiro atoms. The molecule has 0 amide bonds. The van der Waals surface area contributed by atoms with E-state index < -0.39 is 10.0 Å². The standard InChI is InChI=1S/C17H18BrNO4S/c1-3-22-16-9-12-8-11(2)23-15(12)10-14(16)19-24(20,21)17-7-5-4-6-13(17)18/h4-7,9-11,19H,3,8H2,1-2H3/t11-/m0/s1. The van der Waals surface area contributed by atoms with E-state index in [1.165, 1.54) is 0 Å². The lowest BCUT2D eigenvalue weighted by Gasteiger charge is -2.15. The van der Waals surface area contributed by atoms with Crippen molar-refractivity contribution in [2.45, 2.75) is 31.3 Å². The molecule has 3 rings (SSSR count). The molecule has 1 atom stereocenters. The number of sulfonamides is 1. The van der Waals surface area contributed by atoms with Crippen LogP contribution in [0.5, 0.6) is 11.5 Å². The largest absolute Gasteiger partial charge is 0.492 e. The second-order valence-corrected chi connectivity index (χ2v) is 8.06. The van der Waals surface area contributed by atoms with Gasteiger partial charge in [0.2, 0.25) is 0 Å². The van der Waals surface area contributed by atoms with Crippen molar-refractivity contribution in [3.63, 3.8) is 0 Å². The van der Waals surface area contributed by atoms with Gasteiger partial charge in [0.25, 0.3) is 10.0 Å². The summed E-state index contributed by atoms with van der Waals surface area (Å²) in [5, 5.41) is 0. The van der Waals surface area contributed by atoms with Gasteiger partial charge in [-0.1, -0.05) is 12.1 Å². The van der Waals surface area contributed by atoms with Gasteiger partial charge in [-0.25, -0.2) is 8.42 Å². The Morgan fingerprint density at radius 2 is 2.08 bits per heavy atom. The number of hydrogen-bond donors (Lipinski definition) is 1. The van der Waals surface area contributed by atoms with E-state index in [0.717, 1.165) is 12.0 Å². The van der Waals surface area contributed by atoms with E-state index in [1.807, 2.05) is 19.9 Å². The molecule has 128 valence electrons. The van der Waals surface area contributed by atoms with Gasteiger partial charge in [0.15, 0.2) is 0 Å². The zero-order valence-electron chi connectivity index (χ0n) is 13.4. The van der Waals surface area contributed by atoms with Gasteiger partial charge in [0.05, 0.1) is 12.3 Å². The molecule has 7 heteroatoms. The molecule has 1 heterocycles. The number of nitrogens with one attached hydrogen (secondary N) is 1. The number of fused-ring (bicyclic) bond motifs is 1. The second kappa shape index (κ2) is 6.64. The number of rotatable bonds is 5. The van der Waals surface area contributed by atoms with Crippen molar-refractivity contribution in [3.05, 3.63) is 46.4 Å². The molecule has 0 aliphatic carbocycles. The highest BCUT2D eigenvalue weighted by Gasteiger charge is 2.25. The quantitative estimate of drug-likeness (QED) is 0.807. The summed E-state index contributed by atoms with van der Waals surface area (Å²) in [4.78, 5) is 0.169. The number of benzene rings is 2. The maximum Gasteiger partial charge on any atom is 0.263 e. The first-order chi connectivity index (χ1) is 11.4. The zero-order chi connectivity index (χ0) is 17.3. The predicted octanol–water partition coefficient (Wildman–Crippen LogP) is 3.97. The highest BCUT2D eigenvalue weighted by molar-refractivity contribution is 9.10. The summed E-state index contributed by atoms with van der Waals surface area (Å²) in [7, 11) is -3.75. The summed E-state index contributed by atoms with van der Waals surface area (Å²) in [6.07, 6.45) is 0.858. The third kappa shape index (κ3) is 3.37. The number of ether oxygens (including phenoxy) is 2. The van der Waals surface area contributed by atoms with Crippen molar-refractivity contribution in [2.75, 3.05) is 11.3 Å². The van der Waals surface area contributed by atoms with E-state index in [0.29, 0.717) is 28.3 Å². The van der Waals surface area contributed by atoms with E-state index in [1.54, 1.807) is 30.3 Å². The van der Waals surface area contributed by atoms with E-state index in [2.05, 4.69) is 20.7 Å². The van der Waals surface area contributed by atoms with Crippen molar-refractivity contribution < 1.29 is 17.9 Å². The topological polar surface area (TPSA) is 64.6 Å². The summed E-state index contributed by atoms with van der Waals surface area (Å²) in [6.45, 7) is 4.28. The van der Waals surface area contributed by atoms with Gasteiger partial charge in [0.1, 0.15) is 22.5 Å². The lowest BCUT2D eigenvalue weighted by atomic mass is 10.1. The summed E-state index contributed by atoms with van der Waals surface area (Å²) in [5.41, 5.74) is 1.40. The molecule has 1 aliphatic heterocycles. The van der Waals surface area contributed by atoms with Crippen LogP contribution in [0.15, 0.2) is 45.8 Å². The monoisotopic (exact) mass is 411 g/mol. The van der Waals surface area contributed by atoms with Gasteiger partial charge in [0, 0.05) is 22.5 Å². The van der Waals surface area contributed by atoms with E-state index >= 15 is 0 Å². The Morgan fingerprint density at radius 3 is 2.79 bits per heavy atom. The van der Waals surface area contributed by atoms with Crippen LogP contribution in [0.1, 0.15) is 19.4 Å². The molecule has 5 nitrogen and oxygen atoms in total. The van der Waals surface area contributed by atoms with E-state index in [9.17, 15) is 8.42 Å². The fourth-order valence-electron chi connectivity index (χ4n) is 2.66. The molecule has 2 aromatic carbocycles. The van der Waals surface area contributed by atoms with Crippen LogP contribution in [-0.2, 0) is 16.4 Å². The van der Waals surface area contributed by atoms with Crippen LogP contribution in [0.25, 0.3) is 0 Å². The first-order valence-corrected chi connectivity index (χ1v) is 9.92. The Bertz CT molecular complexity index is 867. The van der Waals surface area contributed by atoms with Gasteiger partial charge >= 0.3 is 0 Å². The minimum Gasteiger partial charge on any atom is -0.492 e. The van der Waals surface area contributed by atoms with Crippen molar-refractivity contribution in [1.29, 1.82) is 0 Å². The molecule has 1 aliphatic rings. The molecule has 0 unspecified atom stereocenters. The van der Waals surface area contributed by atoms with Crippen LogP contribution >= 0.6 is 15.9 Å². The van der Waals surface area contributed by atoms with Gasteiger partial charge in [-0.15, -0.1) is 0 Å². The molecule has 0 fully saturated rings. The maximum atomic E-state index is 12.7. The van der Waals surface area contributed by atoms with Crippen molar-refractivity contribution in [3.8, 4) is 11.5 Å². The van der Waals surface area contributed by atoms with E-state index in [-0.39, 0.29) is 11.0 Å². The third-order valence-electron chi connectivity index (χ3n) is 3.67. The Balaban J connectivity index is 2.00. The molecule has 0 aromatic heterocycles. The molecule has 24 heavy (non-hydrogen) atoms. The Kier molecular flexibility index (Phi) is 4.73. The molecule has 0 saturated heterocycles. The number of hydrogen-bond acceptors (Lipinski definition) is 4. The Labute approximate surface area is 150 Å².